The second kappa shape index (κ2) is 9.50. The standard InChI is InChI=1S/C22H31N5O4S/c1-17-23-21(25-9-5-4-6-10-25)16-22(24-17)26-11-13-27(14-12-26)32(28,29)18-7-8-19(30-2)20(15-18)31-3/h7-8,15-16H,4-6,9-14H2,1-3H3. The van der Waals surface area contributed by atoms with Crippen molar-refractivity contribution in [1.82, 2.24) is 14.3 Å². The summed E-state index contributed by atoms with van der Waals surface area (Å²) >= 11 is 0. The van der Waals surface area contributed by atoms with E-state index in [0.717, 1.165) is 30.5 Å². The fraction of sp³-hybridized carbons (Fsp3) is 0.545. The molecule has 2 aliphatic heterocycles. The van der Waals surface area contributed by atoms with E-state index in [1.807, 2.05) is 13.0 Å². The molecule has 0 atom stereocenters. The number of methoxy groups -OCH3 is 2. The zero-order valence-electron chi connectivity index (χ0n) is 19.0. The van der Waals surface area contributed by atoms with Crippen molar-refractivity contribution in [2.75, 3.05) is 63.3 Å². The van der Waals surface area contributed by atoms with Gasteiger partial charge in [-0.05, 0) is 38.3 Å². The molecule has 4 rings (SSSR count). The molecule has 1 aromatic heterocycles. The van der Waals surface area contributed by atoms with Gasteiger partial charge in [0.15, 0.2) is 11.5 Å². The summed E-state index contributed by atoms with van der Waals surface area (Å²) in [5.41, 5.74) is 0. The third kappa shape index (κ3) is 4.61. The van der Waals surface area contributed by atoms with Gasteiger partial charge in [0.1, 0.15) is 17.5 Å². The lowest BCUT2D eigenvalue weighted by atomic mass is 10.1. The number of aromatic nitrogens is 2. The number of nitrogens with zero attached hydrogens (tertiary/aromatic N) is 5. The topological polar surface area (TPSA) is 88.1 Å². The van der Waals surface area contributed by atoms with Gasteiger partial charge in [0, 0.05) is 51.4 Å². The van der Waals surface area contributed by atoms with Crippen LogP contribution in [0.2, 0.25) is 0 Å². The SMILES string of the molecule is COc1ccc(S(=O)(=O)N2CCN(c3cc(N4CCCCC4)nc(C)n3)CC2)cc1OC. The van der Waals surface area contributed by atoms with Crippen molar-refractivity contribution in [2.24, 2.45) is 0 Å². The highest BCUT2D eigenvalue weighted by atomic mass is 32.2. The molecule has 2 fully saturated rings. The van der Waals surface area contributed by atoms with E-state index in [2.05, 4.69) is 19.8 Å². The van der Waals surface area contributed by atoms with E-state index in [4.69, 9.17) is 9.47 Å². The van der Waals surface area contributed by atoms with E-state index in [0.29, 0.717) is 37.7 Å². The molecular formula is C22H31N5O4S. The first kappa shape index (κ1) is 22.6. The highest BCUT2D eigenvalue weighted by Gasteiger charge is 2.30. The van der Waals surface area contributed by atoms with E-state index in [1.165, 1.54) is 43.9 Å². The van der Waals surface area contributed by atoms with Crippen LogP contribution in [0.1, 0.15) is 25.1 Å². The third-order valence-corrected chi connectivity index (χ3v) is 7.94. The number of ether oxygens (including phenoxy) is 2. The maximum Gasteiger partial charge on any atom is 0.243 e. The highest BCUT2D eigenvalue weighted by molar-refractivity contribution is 7.89. The number of benzene rings is 1. The van der Waals surface area contributed by atoms with E-state index in [-0.39, 0.29) is 4.90 Å². The minimum Gasteiger partial charge on any atom is -0.493 e. The molecule has 0 radical (unpaired) electrons. The summed E-state index contributed by atoms with van der Waals surface area (Å²) in [5.74, 6) is 3.46. The third-order valence-electron chi connectivity index (χ3n) is 6.05. The Hall–Kier alpha value is -2.59. The predicted molar refractivity (Wildman–Crippen MR) is 123 cm³/mol. The molecule has 0 aliphatic carbocycles. The molecule has 3 heterocycles. The van der Waals surface area contributed by atoms with Gasteiger partial charge in [-0.2, -0.15) is 4.31 Å². The molecule has 0 saturated carbocycles. The zero-order chi connectivity index (χ0) is 22.7. The number of aryl methyl sites for hydroxylation is 1. The van der Waals surface area contributed by atoms with Gasteiger partial charge in [0.05, 0.1) is 19.1 Å². The van der Waals surface area contributed by atoms with E-state index >= 15 is 0 Å². The second-order valence-electron chi connectivity index (χ2n) is 8.09. The van der Waals surface area contributed by atoms with Gasteiger partial charge in [-0.1, -0.05) is 0 Å². The number of sulfonamides is 1. The maximum absolute atomic E-state index is 13.2. The van der Waals surface area contributed by atoms with Crippen LogP contribution in [0.4, 0.5) is 11.6 Å². The Morgan fingerprint density at radius 1 is 0.781 bits per heavy atom. The normalized spacial score (nSPS) is 18.0. The summed E-state index contributed by atoms with van der Waals surface area (Å²) in [7, 11) is -0.609. The Labute approximate surface area is 190 Å². The van der Waals surface area contributed by atoms with Crippen LogP contribution in [0.5, 0.6) is 11.5 Å². The summed E-state index contributed by atoms with van der Waals surface area (Å²) in [5, 5.41) is 0. The Morgan fingerprint density at radius 3 is 1.97 bits per heavy atom. The van der Waals surface area contributed by atoms with Crippen molar-refractivity contribution in [3.8, 4) is 11.5 Å². The van der Waals surface area contributed by atoms with Gasteiger partial charge >= 0.3 is 0 Å². The number of piperidine rings is 1. The number of piperazine rings is 1. The molecule has 0 N–H and O–H groups in total. The largest absolute Gasteiger partial charge is 0.493 e. The minimum absolute atomic E-state index is 0.203. The van der Waals surface area contributed by atoms with Gasteiger partial charge < -0.3 is 19.3 Å². The number of hydrogen-bond acceptors (Lipinski definition) is 8. The molecule has 0 bridgehead atoms. The monoisotopic (exact) mass is 461 g/mol. The van der Waals surface area contributed by atoms with Crippen molar-refractivity contribution < 1.29 is 17.9 Å². The summed E-state index contributed by atoms with van der Waals surface area (Å²) in [6.07, 6.45) is 3.64. The van der Waals surface area contributed by atoms with Crippen LogP contribution in [0.25, 0.3) is 0 Å². The Kier molecular flexibility index (Phi) is 6.71. The lowest BCUT2D eigenvalue weighted by Crippen LogP contribution is -2.49. The molecule has 2 aliphatic rings. The number of anilines is 2. The van der Waals surface area contributed by atoms with Crippen LogP contribution in [0.15, 0.2) is 29.2 Å². The first-order valence-corrected chi connectivity index (χ1v) is 12.4. The second-order valence-corrected chi connectivity index (χ2v) is 10.0. The Morgan fingerprint density at radius 2 is 1.38 bits per heavy atom. The first-order chi connectivity index (χ1) is 15.4. The van der Waals surface area contributed by atoms with E-state index in [9.17, 15) is 8.42 Å². The van der Waals surface area contributed by atoms with Crippen LogP contribution in [0, 0.1) is 6.92 Å². The molecular weight excluding hydrogens is 430 g/mol. The molecule has 174 valence electrons. The first-order valence-electron chi connectivity index (χ1n) is 11.0. The summed E-state index contributed by atoms with van der Waals surface area (Å²) < 4.78 is 38.4. The van der Waals surface area contributed by atoms with Crippen LogP contribution in [-0.4, -0.2) is 76.2 Å². The Bertz CT molecular complexity index is 1050. The molecule has 2 aromatic rings. The van der Waals surface area contributed by atoms with Crippen LogP contribution in [-0.2, 0) is 10.0 Å². The fourth-order valence-electron chi connectivity index (χ4n) is 4.27. The fourth-order valence-corrected chi connectivity index (χ4v) is 5.71. The van der Waals surface area contributed by atoms with Crippen molar-refractivity contribution in [2.45, 2.75) is 31.1 Å². The molecule has 10 heteroatoms. The molecule has 0 amide bonds. The van der Waals surface area contributed by atoms with Crippen LogP contribution < -0.4 is 19.3 Å². The van der Waals surface area contributed by atoms with Gasteiger partial charge in [-0.3, -0.25) is 0 Å². The van der Waals surface area contributed by atoms with Gasteiger partial charge in [-0.15, -0.1) is 0 Å². The molecule has 0 spiro atoms. The average Bonchev–Trinajstić information content (AvgIpc) is 2.83. The van der Waals surface area contributed by atoms with Crippen molar-refractivity contribution in [1.29, 1.82) is 0 Å². The maximum atomic E-state index is 13.2. The number of hydrogen-bond donors (Lipinski definition) is 0. The van der Waals surface area contributed by atoms with Gasteiger partial charge in [0.2, 0.25) is 10.0 Å². The zero-order valence-corrected chi connectivity index (χ0v) is 19.8. The Balaban J connectivity index is 1.48. The van der Waals surface area contributed by atoms with E-state index < -0.39 is 10.0 Å². The smallest absolute Gasteiger partial charge is 0.243 e. The lowest BCUT2D eigenvalue weighted by molar-refractivity contribution is 0.353. The van der Waals surface area contributed by atoms with Crippen LogP contribution >= 0.6 is 0 Å². The average molecular weight is 462 g/mol. The quantitative estimate of drug-likeness (QED) is 0.648. The molecule has 9 nitrogen and oxygen atoms in total. The van der Waals surface area contributed by atoms with E-state index in [1.54, 1.807) is 12.1 Å². The summed E-state index contributed by atoms with van der Waals surface area (Å²) in [6.45, 7) is 5.87. The lowest BCUT2D eigenvalue weighted by Gasteiger charge is -2.35. The molecule has 0 unspecified atom stereocenters. The molecule has 32 heavy (non-hydrogen) atoms. The van der Waals surface area contributed by atoms with Crippen LogP contribution in [0.3, 0.4) is 0 Å². The van der Waals surface area contributed by atoms with Crippen molar-refractivity contribution in [3.05, 3.63) is 30.1 Å². The highest BCUT2D eigenvalue weighted by Crippen LogP contribution is 2.31. The number of rotatable bonds is 6. The molecule has 1 aromatic carbocycles. The van der Waals surface area contributed by atoms with Crippen molar-refractivity contribution in [3.63, 3.8) is 0 Å². The molecule has 2 saturated heterocycles. The predicted octanol–water partition coefficient (Wildman–Crippen LogP) is 2.30. The van der Waals surface area contributed by atoms with Gasteiger partial charge in [0.25, 0.3) is 0 Å². The van der Waals surface area contributed by atoms with Crippen molar-refractivity contribution >= 4 is 21.7 Å². The van der Waals surface area contributed by atoms with Gasteiger partial charge in [-0.25, -0.2) is 18.4 Å². The summed E-state index contributed by atoms with van der Waals surface area (Å²) in [6, 6.07) is 6.73. The minimum atomic E-state index is -3.63. The summed E-state index contributed by atoms with van der Waals surface area (Å²) in [4.78, 5) is 13.9.